The number of rotatable bonds is 6. The summed E-state index contributed by atoms with van der Waals surface area (Å²) in [4.78, 5) is 64.0. The first kappa shape index (κ1) is 24.5. The van der Waals surface area contributed by atoms with E-state index in [-0.39, 0.29) is 23.2 Å². The van der Waals surface area contributed by atoms with Gasteiger partial charge in [0.05, 0.1) is 16.8 Å². The second-order valence-corrected chi connectivity index (χ2v) is 9.95. The van der Waals surface area contributed by atoms with E-state index in [1.165, 1.54) is 31.2 Å². The van der Waals surface area contributed by atoms with E-state index in [0.717, 1.165) is 27.2 Å². The van der Waals surface area contributed by atoms with Crippen molar-refractivity contribution in [1.29, 1.82) is 0 Å². The van der Waals surface area contributed by atoms with E-state index in [1.54, 1.807) is 0 Å². The summed E-state index contributed by atoms with van der Waals surface area (Å²) < 4.78 is 5.14. The third-order valence-corrected chi connectivity index (χ3v) is 7.90. The molecule has 3 amide bonds. The van der Waals surface area contributed by atoms with Crippen LogP contribution in [0.2, 0.25) is 0 Å². The van der Waals surface area contributed by atoms with Gasteiger partial charge in [0.1, 0.15) is 6.04 Å². The molecule has 3 atom stereocenters. The van der Waals surface area contributed by atoms with Gasteiger partial charge in [0.25, 0.3) is 11.6 Å². The molecule has 0 spiro atoms. The van der Waals surface area contributed by atoms with Gasteiger partial charge in [0.15, 0.2) is 6.61 Å². The highest BCUT2D eigenvalue weighted by molar-refractivity contribution is 6.10. The fourth-order valence-corrected chi connectivity index (χ4v) is 6.34. The number of imide groups is 1. The first-order chi connectivity index (χ1) is 18.8. The first-order valence-corrected chi connectivity index (χ1v) is 12.5. The van der Waals surface area contributed by atoms with Crippen LogP contribution in [0.25, 0.3) is 0 Å². The fourth-order valence-electron chi connectivity index (χ4n) is 6.34. The van der Waals surface area contributed by atoms with Gasteiger partial charge in [-0.15, -0.1) is 0 Å². The number of amides is 3. The van der Waals surface area contributed by atoms with Crippen LogP contribution in [0.3, 0.4) is 0 Å². The summed E-state index contributed by atoms with van der Waals surface area (Å²) in [6.45, 7) is 0.729. The number of esters is 1. The van der Waals surface area contributed by atoms with Gasteiger partial charge < -0.3 is 10.1 Å². The van der Waals surface area contributed by atoms with Crippen molar-refractivity contribution in [3.63, 3.8) is 0 Å². The van der Waals surface area contributed by atoms with E-state index >= 15 is 0 Å². The maximum Gasteiger partial charge on any atom is 0.329 e. The molecule has 0 radical (unpaired) electrons. The zero-order valence-corrected chi connectivity index (χ0v) is 20.8. The number of carbonyl (C=O) groups is 4. The molecule has 3 aromatic carbocycles. The summed E-state index contributed by atoms with van der Waals surface area (Å²) in [6, 6.07) is 19.8. The van der Waals surface area contributed by atoms with E-state index in [2.05, 4.69) is 5.32 Å². The maximum atomic E-state index is 13.7. The predicted molar refractivity (Wildman–Crippen MR) is 138 cm³/mol. The smallest absolute Gasteiger partial charge is 0.329 e. The molecular formula is C29H23N3O7. The molecule has 3 aliphatic carbocycles. The summed E-state index contributed by atoms with van der Waals surface area (Å²) in [6.07, 6.45) is 0. The zero-order valence-electron chi connectivity index (χ0n) is 20.8. The Kier molecular flexibility index (Phi) is 5.75. The Labute approximate surface area is 222 Å². The van der Waals surface area contributed by atoms with Crippen molar-refractivity contribution < 1.29 is 28.8 Å². The average molecular weight is 526 g/mol. The van der Waals surface area contributed by atoms with Gasteiger partial charge >= 0.3 is 5.97 Å². The van der Waals surface area contributed by atoms with Crippen LogP contribution in [0.15, 0.2) is 72.8 Å². The number of nitro benzene ring substituents is 1. The second-order valence-electron chi connectivity index (χ2n) is 9.95. The van der Waals surface area contributed by atoms with Gasteiger partial charge in [-0.25, -0.2) is 4.79 Å². The van der Waals surface area contributed by atoms with Crippen molar-refractivity contribution >= 4 is 35.1 Å². The van der Waals surface area contributed by atoms with Crippen LogP contribution in [0.4, 0.5) is 11.4 Å². The van der Waals surface area contributed by atoms with Crippen molar-refractivity contribution in [2.45, 2.75) is 24.8 Å². The quantitative estimate of drug-likeness (QED) is 0.226. The molecule has 7 rings (SSSR count). The molecule has 1 heterocycles. The highest BCUT2D eigenvalue weighted by Gasteiger charge is 2.62. The normalized spacial score (nSPS) is 22.9. The Morgan fingerprint density at radius 3 is 1.90 bits per heavy atom. The monoisotopic (exact) mass is 525 g/mol. The van der Waals surface area contributed by atoms with Crippen LogP contribution < -0.4 is 5.32 Å². The first-order valence-electron chi connectivity index (χ1n) is 12.5. The molecule has 4 aliphatic rings. The standard InChI is InChI=1S/C29H23N3O7/c1-15(29(36)39-14-22(33)30-16-7-6-8-17(13-16)32(37)38)31-27(34)25-23-18-9-2-3-10-19(18)24(26(25)28(31)35)21-12-5-4-11-20(21)23/h2-13,15,23-26H,14H2,1H3,(H,30,33)/t15-,23?,24?,25-,26+/m1/s1. The van der Waals surface area contributed by atoms with Crippen LogP contribution in [-0.2, 0) is 23.9 Å². The molecule has 39 heavy (non-hydrogen) atoms. The van der Waals surface area contributed by atoms with Crippen LogP contribution >= 0.6 is 0 Å². The molecule has 1 N–H and O–H groups in total. The number of benzene rings is 3. The van der Waals surface area contributed by atoms with Crippen LogP contribution in [-0.4, -0.2) is 46.2 Å². The number of likely N-dealkylation sites (tertiary alicyclic amines) is 1. The number of nitrogens with one attached hydrogen (secondary N) is 1. The zero-order chi connectivity index (χ0) is 27.4. The Morgan fingerprint density at radius 2 is 1.41 bits per heavy atom. The molecule has 10 heteroatoms. The minimum absolute atomic E-state index is 0.168. The number of hydrogen-bond donors (Lipinski definition) is 1. The Hall–Kier alpha value is -4.86. The van der Waals surface area contributed by atoms with Gasteiger partial charge in [-0.1, -0.05) is 54.6 Å². The number of nitrogens with zero attached hydrogens (tertiary/aromatic N) is 2. The molecule has 10 nitrogen and oxygen atoms in total. The van der Waals surface area contributed by atoms with E-state index in [4.69, 9.17) is 4.74 Å². The third kappa shape index (κ3) is 3.79. The summed E-state index contributed by atoms with van der Waals surface area (Å²) in [7, 11) is 0. The van der Waals surface area contributed by atoms with Gasteiger partial charge in [0, 0.05) is 29.7 Å². The molecule has 3 aromatic rings. The van der Waals surface area contributed by atoms with Crippen molar-refractivity contribution in [1.82, 2.24) is 4.90 Å². The lowest BCUT2D eigenvalue weighted by Crippen LogP contribution is -2.45. The lowest BCUT2D eigenvalue weighted by molar-refractivity contribution is -0.384. The van der Waals surface area contributed by atoms with Crippen LogP contribution in [0.5, 0.6) is 0 Å². The van der Waals surface area contributed by atoms with Crippen LogP contribution in [0.1, 0.15) is 41.0 Å². The minimum atomic E-state index is -1.23. The SMILES string of the molecule is C[C@H](C(=O)OCC(=O)Nc1cccc([N+](=O)[O-])c1)N1C(=O)[C@@H]2C3c4ccccc4C(c4ccccc43)[C@@H]2C1=O. The third-order valence-electron chi connectivity index (χ3n) is 7.90. The van der Waals surface area contributed by atoms with Crippen molar-refractivity contribution in [2.24, 2.45) is 11.8 Å². The largest absolute Gasteiger partial charge is 0.454 e. The van der Waals surface area contributed by atoms with E-state index < -0.39 is 53.1 Å². The summed E-state index contributed by atoms with van der Waals surface area (Å²) >= 11 is 0. The number of non-ortho nitro benzene ring substituents is 1. The molecule has 0 saturated carbocycles. The predicted octanol–water partition coefficient (Wildman–Crippen LogP) is 3.36. The summed E-state index contributed by atoms with van der Waals surface area (Å²) in [5.41, 5.74) is 4.07. The van der Waals surface area contributed by atoms with E-state index in [0.29, 0.717) is 0 Å². The maximum absolute atomic E-state index is 13.7. The van der Waals surface area contributed by atoms with Crippen molar-refractivity contribution in [3.8, 4) is 0 Å². The molecule has 196 valence electrons. The molecular weight excluding hydrogens is 502 g/mol. The van der Waals surface area contributed by atoms with Gasteiger partial charge in [-0.2, -0.15) is 0 Å². The van der Waals surface area contributed by atoms with Crippen molar-refractivity contribution in [2.75, 3.05) is 11.9 Å². The minimum Gasteiger partial charge on any atom is -0.454 e. The molecule has 0 aromatic heterocycles. The molecule has 2 bridgehead atoms. The second kappa shape index (κ2) is 9.16. The number of ether oxygens (including phenoxy) is 1. The number of anilines is 1. The Bertz CT molecular complexity index is 1450. The topological polar surface area (TPSA) is 136 Å². The number of nitro groups is 1. The van der Waals surface area contributed by atoms with Crippen LogP contribution in [0, 0.1) is 22.0 Å². The van der Waals surface area contributed by atoms with Gasteiger partial charge in [0.2, 0.25) is 11.8 Å². The number of hydrogen-bond acceptors (Lipinski definition) is 7. The lowest BCUT2D eigenvalue weighted by atomic mass is 9.55. The molecule has 1 saturated heterocycles. The molecule has 1 aliphatic heterocycles. The van der Waals surface area contributed by atoms with E-state index in [9.17, 15) is 29.3 Å². The van der Waals surface area contributed by atoms with Gasteiger partial charge in [-0.05, 0) is 35.2 Å². The summed E-state index contributed by atoms with van der Waals surface area (Å²) in [5, 5.41) is 13.4. The molecule has 1 fully saturated rings. The highest BCUT2D eigenvalue weighted by atomic mass is 16.6. The average Bonchev–Trinajstić information content (AvgIpc) is 3.21. The Balaban J connectivity index is 1.19. The summed E-state index contributed by atoms with van der Waals surface area (Å²) in [5.74, 6) is -4.29. The molecule has 0 unspecified atom stereocenters. The number of carbonyl (C=O) groups excluding carboxylic acids is 4. The van der Waals surface area contributed by atoms with Crippen molar-refractivity contribution in [3.05, 3.63) is 105 Å². The van der Waals surface area contributed by atoms with Gasteiger partial charge in [-0.3, -0.25) is 29.4 Å². The fraction of sp³-hybridized carbons (Fsp3) is 0.241. The highest BCUT2D eigenvalue weighted by Crippen LogP contribution is 2.61. The Morgan fingerprint density at radius 1 is 0.897 bits per heavy atom. The lowest BCUT2D eigenvalue weighted by Gasteiger charge is -2.45. The van der Waals surface area contributed by atoms with E-state index in [1.807, 2.05) is 48.5 Å².